The van der Waals surface area contributed by atoms with Gasteiger partial charge in [0, 0.05) is 6.04 Å². The molecule has 0 aliphatic heterocycles. The van der Waals surface area contributed by atoms with Crippen LogP contribution in [0.5, 0.6) is 0 Å². The molecule has 2 heteroatoms. The summed E-state index contributed by atoms with van der Waals surface area (Å²) in [4.78, 5) is 0. The van der Waals surface area contributed by atoms with Crippen LogP contribution in [0.25, 0.3) is 0 Å². The van der Waals surface area contributed by atoms with E-state index in [0.29, 0.717) is 6.04 Å². The minimum Gasteiger partial charge on any atom is -0.296 e. The summed E-state index contributed by atoms with van der Waals surface area (Å²) in [5, 5.41) is 12.5. The highest BCUT2D eigenvalue weighted by Crippen LogP contribution is 2.17. The van der Waals surface area contributed by atoms with E-state index in [9.17, 15) is 5.26 Å². The molecule has 0 bridgehead atoms. The van der Waals surface area contributed by atoms with Crippen LogP contribution in [0.2, 0.25) is 0 Å². The molecule has 1 aromatic rings. The molecule has 1 aromatic carbocycles. The number of nitrogens with zero attached hydrogens (tertiary/aromatic N) is 1. The summed E-state index contributed by atoms with van der Waals surface area (Å²) in [5.74, 6) is 0. The Bertz CT molecular complexity index is 390. The summed E-state index contributed by atoms with van der Waals surface area (Å²) < 4.78 is 0. The summed E-state index contributed by atoms with van der Waals surface area (Å²) in [6.07, 6.45) is 1.03. The van der Waals surface area contributed by atoms with E-state index in [1.807, 2.05) is 6.07 Å². The molecule has 0 amide bonds. The molecule has 86 valence electrons. The zero-order chi connectivity index (χ0) is 12.1. The Morgan fingerprint density at radius 2 is 2.00 bits per heavy atom. The van der Waals surface area contributed by atoms with Gasteiger partial charge in [-0.3, -0.25) is 5.32 Å². The molecular formula is C14H20N2. The fourth-order valence-electron chi connectivity index (χ4n) is 1.55. The van der Waals surface area contributed by atoms with Crippen molar-refractivity contribution in [2.45, 2.75) is 46.2 Å². The number of aryl methyl sites for hydroxylation is 2. The van der Waals surface area contributed by atoms with Crippen molar-refractivity contribution in [1.82, 2.24) is 5.32 Å². The number of rotatable bonds is 4. The third-order valence-electron chi connectivity index (χ3n) is 3.06. The van der Waals surface area contributed by atoms with Crippen molar-refractivity contribution >= 4 is 0 Å². The average molecular weight is 216 g/mol. The lowest BCUT2D eigenvalue weighted by Gasteiger charge is -2.17. The van der Waals surface area contributed by atoms with Gasteiger partial charge in [-0.15, -0.1) is 0 Å². The maximum absolute atomic E-state index is 9.17. The van der Waals surface area contributed by atoms with Crippen LogP contribution in [-0.2, 0) is 0 Å². The first-order valence-corrected chi connectivity index (χ1v) is 5.81. The van der Waals surface area contributed by atoms with Gasteiger partial charge in [0.1, 0.15) is 6.04 Å². The van der Waals surface area contributed by atoms with Crippen molar-refractivity contribution in [3.8, 4) is 6.07 Å². The number of nitriles is 1. The first kappa shape index (κ1) is 12.7. The van der Waals surface area contributed by atoms with Gasteiger partial charge in [0.2, 0.25) is 0 Å². The molecule has 0 aliphatic rings. The molecule has 0 fully saturated rings. The first-order chi connectivity index (χ1) is 7.58. The lowest BCUT2D eigenvalue weighted by Crippen LogP contribution is -2.29. The van der Waals surface area contributed by atoms with Gasteiger partial charge in [-0.1, -0.05) is 25.1 Å². The normalized spacial score (nSPS) is 14.2. The van der Waals surface area contributed by atoms with Gasteiger partial charge in [-0.2, -0.15) is 5.26 Å². The van der Waals surface area contributed by atoms with Gasteiger partial charge in [0.25, 0.3) is 0 Å². The second-order valence-corrected chi connectivity index (χ2v) is 4.38. The third kappa shape index (κ3) is 3.08. The summed E-state index contributed by atoms with van der Waals surface area (Å²) in [6, 6.07) is 8.69. The summed E-state index contributed by atoms with van der Waals surface area (Å²) in [7, 11) is 0. The van der Waals surface area contributed by atoms with Crippen LogP contribution in [0.3, 0.4) is 0 Å². The minimum absolute atomic E-state index is 0.200. The predicted molar refractivity (Wildman–Crippen MR) is 67.2 cm³/mol. The van der Waals surface area contributed by atoms with Crippen LogP contribution in [0.1, 0.15) is 43.0 Å². The van der Waals surface area contributed by atoms with E-state index >= 15 is 0 Å². The van der Waals surface area contributed by atoms with E-state index < -0.39 is 0 Å². The van der Waals surface area contributed by atoms with Crippen LogP contribution >= 0.6 is 0 Å². The quantitative estimate of drug-likeness (QED) is 0.838. The van der Waals surface area contributed by atoms with Gasteiger partial charge in [-0.25, -0.2) is 0 Å². The largest absolute Gasteiger partial charge is 0.296 e. The maximum Gasteiger partial charge on any atom is 0.121 e. The molecule has 2 nitrogen and oxygen atoms in total. The van der Waals surface area contributed by atoms with Crippen molar-refractivity contribution < 1.29 is 0 Å². The number of hydrogen-bond donors (Lipinski definition) is 1. The van der Waals surface area contributed by atoms with Crippen molar-refractivity contribution in [1.29, 1.82) is 5.26 Å². The van der Waals surface area contributed by atoms with Crippen LogP contribution < -0.4 is 5.32 Å². The zero-order valence-corrected chi connectivity index (χ0v) is 10.5. The maximum atomic E-state index is 9.17. The monoisotopic (exact) mass is 216 g/mol. The van der Waals surface area contributed by atoms with Gasteiger partial charge in [0.05, 0.1) is 6.07 Å². The summed E-state index contributed by atoms with van der Waals surface area (Å²) in [6.45, 7) is 8.39. The Balaban J connectivity index is 2.88. The molecule has 0 radical (unpaired) electrons. The molecule has 1 N–H and O–H groups in total. The Labute approximate surface area is 98.3 Å². The van der Waals surface area contributed by atoms with E-state index in [1.54, 1.807) is 0 Å². The van der Waals surface area contributed by atoms with Crippen molar-refractivity contribution in [2.75, 3.05) is 0 Å². The molecule has 0 saturated carbocycles. The average Bonchev–Trinajstić information content (AvgIpc) is 2.29. The van der Waals surface area contributed by atoms with Gasteiger partial charge in [0.15, 0.2) is 0 Å². The topological polar surface area (TPSA) is 35.8 Å². The molecule has 0 aromatic heterocycles. The lowest BCUT2D eigenvalue weighted by atomic mass is 10.0. The standard InChI is InChI=1S/C14H20N2/c1-5-12(4)16-14(9-15)13-7-6-10(2)11(3)8-13/h6-8,12,14,16H,5H2,1-4H3. The second kappa shape index (κ2) is 5.67. The Hall–Kier alpha value is -1.33. The zero-order valence-electron chi connectivity index (χ0n) is 10.5. The Morgan fingerprint density at radius 3 is 2.50 bits per heavy atom. The van der Waals surface area contributed by atoms with Gasteiger partial charge in [-0.05, 0) is 43.9 Å². The van der Waals surface area contributed by atoms with Crippen LogP contribution in [-0.4, -0.2) is 6.04 Å². The minimum atomic E-state index is -0.200. The predicted octanol–water partition coefficient (Wildman–Crippen LogP) is 3.26. The number of benzene rings is 1. The van der Waals surface area contributed by atoms with E-state index in [2.05, 4.69) is 51.2 Å². The highest BCUT2D eigenvalue weighted by atomic mass is 14.9. The molecule has 0 heterocycles. The molecule has 1 rings (SSSR count). The molecule has 2 unspecified atom stereocenters. The Morgan fingerprint density at radius 1 is 1.31 bits per heavy atom. The molecule has 16 heavy (non-hydrogen) atoms. The highest BCUT2D eigenvalue weighted by molar-refractivity contribution is 5.33. The Kier molecular flexibility index (Phi) is 4.52. The van der Waals surface area contributed by atoms with Crippen LogP contribution in [0.15, 0.2) is 18.2 Å². The third-order valence-corrected chi connectivity index (χ3v) is 3.06. The van der Waals surface area contributed by atoms with E-state index in [4.69, 9.17) is 0 Å². The van der Waals surface area contributed by atoms with E-state index in [0.717, 1.165) is 12.0 Å². The van der Waals surface area contributed by atoms with Crippen molar-refractivity contribution in [3.63, 3.8) is 0 Å². The molecule has 0 aliphatic carbocycles. The molecule has 0 saturated heterocycles. The van der Waals surface area contributed by atoms with Gasteiger partial charge < -0.3 is 0 Å². The lowest BCUT2D eigenvalue weighted by molar-refractivity contribution is 0.501. The fraction of sp³-hybridized carbons (Fsp3) is 0.500. The second-order valence-electron chi connectivity index (χ2n) is 4.38. The van der Waals surface area contributed by atoms with Crippen LogP contribution in [0, 0.1) is 25.2 Å². The number of hydrogen-bond acceptors (Lipinski definition) is 2. The van der Waals surface area contributed by atoms with Crippen molar-refractivity contribution in [2.24, 2.45) is 0 Å². The van der Waals surface area contributed by atoms with Gasteiger partial charge >= 0.3 is 0 Å². The van der Waals surface area contributed by atoms with E-state index in [1.165, 1.54) is 11.1 Å². The smallest absolute Gasteiger partial charge is 0.121 e. The van der Waals surface area contributed by atoms with Crippen LogP contribution in [0.4, 0.5) is 0 Å². The molecular weight excluding hydrogens is 196 g/mol. The summed E-state index contributed by atoms with van der Waals surface area (Å²) >= 11 is 0. The first-order valence-electron chi connectivity index (χ1n) is 5.81. The van der Waals surface area contributed by atoms with Crippen molar-refractivity contribution in [3.05, 3.63) is 34.9 Å². The molecule has 0 spiro atoms. The van der Waals surface area contributed by atoms with E-state index in [-0.39, 0.29) is 6.04 Å². The SMILES string of the molecule is CCC(C)NC(C#N)c1ccc(C)c(C)c1. The molecule has 2 atom stereocenters. The fourth-order valence-corrected chi connectivity index (χ4v) is 1.55. The number of nitrogens with one attached hydrogen (secondary N) is 1. The summed E-state index contributed by atoms with van der Waals surface area (Å²) in [5.41, 5.74) is 3.57. The highest BCUT2D eigenvalue weighted by Gasteiger charge is 2.12.